The molecule has 2 aliphatic rings. The molecule has 0 bridgehead atoms. The van der Waals surface area contributed by atoms with Crippen LogP contribution in [0.25, 0.3) is 6.08 Å². The Morgan fingerprint density at radius 2 is 2.15 bits per heavy atom. The zero-order valence-corrected chi connectivity index (χ0v) is 16.6. The maximum atomic E-state index is 12.4. The van der Waals surface area contributed by atoms with Gasteiger partial charge >= 0.3 is 0 Å². The molecular formula is C17H17ClN2O5S2. The highest BCUT2D eigenvalue weighted by Crippen LogP contribution is 2.32. The van der Waals surface area contributed by atoms with Gasteiger partial charge in [-0.2, -0.15) is 0 Å². The van der Waals surface area contributed by atoms with Crippen LogP contribution >= 0.6 is 23.4 Å². The van der Waals surface area contributed by atoms with Gasteiger partial charge in [-0.25, -0.2) is 8.42 Å². The number of hydrogen-bond donors (Lipinski definition) is 1. The van der Waals surface area contributed by atoms with Gasteiger partial charge in [0.1, 0.15) is 0 Å². The monoisotopic (exact) mass is 428 g/mol. The number of nitrogens with zero attached hydrogens (tertiary/aromatic N) is 1. The molecule has 0 saturated carbocycles. The van der Waals surface area contributed by atoms with Crippen molar-refractivity contribution in [3.63, 3.8) is 0 Å². The van der Waals surface area contributed by atoms with Crippen LogP contribution in [0.1, 0.15) is 18.4 Å². The average molecular weight is 429 g/mol. The van der Waals surface area contributed by atoms with Gasteiger partial charge in [0, 0.05) is 24.0 Å². The van der Waals surface area contributed by atoms with E-state index in [0.29, 0.717) is 17.0 Å². The number of imide groups is 1. The topological polar surface area (TPSA) is 101 Å². The molecule has 0 spiro atoms. The number of sulfone groups is 1. The van der Waals surface area contributed by atoms with Crippen molar-refractivity contribution in [2.24, 2.45) is 0 Å². The molecule has 3 amide bonds. The zero-order valence-electron chi connectivity index (χ0n) is 14.2. The van der Waals surface area contributed by atoms with Crippen LogP contribution in [-0.4, -0.2) is 54.5 Å². The fourth-order valence-electron chi connectivity index (χ4n) is 2.86. The van der Waals surface area contributed by atoms with Crippen molar-refractivity contribution in [2.75, 3.05) is 18.1 Å². The van der Waals surface area contributed by atoms with Crippen LogP contribution < -0.4 is 5.32 Å². The fourth-order valence-corrected chi connectivity index (χ4v) is 5.60. The van der Waals surface area contributed by atoms with E-state index in [1.54, 1.807) is 30.3 Å². The third kappa shape index (κ3) is 5.12. The first-order valence-corrected chi connectivity index (χ1v) is 11.3. The van der Waals surface area contributed by atoms with Gasteiger partial charge in [0.15, 0.2) is 9.84 Å². The molecule has 1 aromatic carbocycles. The number of carbonyl (C=O) groups is 3. The minimum absolute atomic E-state index is 0.0527. The Morgan fingerprint density at radius 1 is 1.37 bits per heavy atom. The molecular weight excluding hydrogens is 412 g/mol. The van der Waals surface area contributed by atoms with E-state index in [1.165, 1.54) is 0 Å². The summed E-state index contributed by atoms with van der Waals surface area (Å²) in [6.45, 7) is -0.0527. The second-order valence-corrected chi connectivity index (χ2v) is 9.96. The van der Waals surface area contributed by atoms with E-state index >= 15 is 0 Å². The average Bonchev–Trinajstić information content (AvgIpc) is 3.05. The van der Waals surface area contributed by atoms with E-state index in [9.17, 15) is 22.8 Å². The lowest BCUT2D eigenvalue weighted by Gasteiger charge is -2.14. The summed E-state index contributed by atoms with van der Waals surface area (Å²) in [7, 11) is -3.08. The molecule has 144 valence electrons. The summed E-state index contributed by atoms with van der Waals surface area (Å²) in [5.74, 6) is -0.839. The Morgan fingerprint density at radius 3 is 2.81 bits per heavy atom. The van der Waals surface area contributed by atoms with Crippen LogP contribution in [0, 0.1) is 0 Å². The summed E-state index contributed by atoms with van der Waals surface area (Å²) < 4.78 is 22.8. The molecule has 2 heterocycles. The van der Waals surface area contributed by atoms with Gasteiger partial charge in [-0.3, -0.25) is 19.3 Å². The van der Waals surface area contributed by atoms with Gasteiger partial charge in [0.2, 0.25) is 5.91 Å². The number of benzene rings is 1. The molecule has 2 fully saturated rings. The Hall–Kier alpha value is -1.84. The van der Waals surface area contributed by atoms with Crippen molar-refractivity contribution in [2.45, 2.75) is 18.9 Å². The van der Waals surface area contributed by atoms with Crippen LogP contribution in [0.15, 0.2) is 29.2 Å². The lowest BCUT2D eigenvalue weighted by atomic mass is 10.2. The normalized spacial score (nSPS) is 23.2. The Balaban J connectivity index is 1.57. The molecule has 27 heavy (non-hydrogen) atoms. The van der Waals surface area contributed by atoms with E-state index in [0.717, 1.165) is 16.7 Å². The number of nitrogens with one attached hydrogen (secondary N) is 1. The summed E-state index contributed by atoms with van der Waals surface area (Å²) in [6, 6.07) is 6.49. The van der Waals surface area contributed by atoms with Gasteiger partial charge in [0.05, 0.1) is 16.4 Å². The molecule has 2 aliphatic heterocycles. The highest BCUT2D eigenvalue weighted by molar-refractivity contribution is 8.18. The molecule has 0 aromatic heterocycles. The molecule has 1 N–H and O–H groups in total. The third-order valence-corrected chi connectivity index (χ3v) is 7.09. The summed E-state index contributed by atoms with van der Waals surface area (Å²) in [4.78, 5) is 37.8. The number of carbonyl (C=O) groups excluding carboxylic acids is 3. The van der Waals surface area contributed by atoms with Crippen molar-refractivity contribution in [3.8, 4) is 0 Å². The van der Waals surface area contributed by atoms with Gasteiger partial charge in [-0.05, 0) is 42.0 Å². The van der Waals surface area contributed by atoms with Crippen molar-refractivity contribution in [1.82, 2.24) is 10.2 Å². The third-order valence-electron chi connectivity index (χ3n) is 4.18. The molecule has 1 atom stereocenters. The van der Waals surface area contributed by atoms with Gasteiger partial charge in [-0.15, -0.1) is 0 Å². The zero-order chi connectivity index (χ0) is 19.6. The van der Waals surface area contributed by atoms with Crippen LogP contribution in [0.3, 0.4) is 0 Å². The molecule has 7 nitrogen and oxygen atoms in total. The van der Waals surface area contributed by atoms with Crippen LogP contribution in [0.2, 0.25) is 5.02 Å². The van der Waals surface area contributed by atoms with E-state index in [1.807, 2.05) is 0 Å². The summed E-state index contributed by atoms with van der Waals surface area (Å²) >= 11 is 6.73. The van der Waals surface area contributed by atoms with Gasteiger partial charge < -0.3 is 5.32 Å². The number of amides is 3. The quantitative estimate of drug-likeness (QED) is 0.720. The van der Waals surface area contributed by atoms with Crippen molar-refractivity contribution in [1.29, 1.82) is 0 Å². The molecule has 0 unspecified atom stereocenters. The number of rotatable bonds is 5. The maximum absolute atomic E-state index is 12.4. The lowest BCUT2D eigenvalue weighted by molar-refractivity contribution is -0.124. The molecule has 3 rings (SSSR count). The fraction of sp³-hybridized carbons (Fsp3) is 0.353. The maximum Gasteiger partial charge on any atom is 0.293 e. The lowest BCUT2D eigenvalue weighted by Crippen LogP contribution is -2.38. The number of thioether (sulfide) groups is 1. The molecule has 1 aromatic rings. The van der Waals surface area contributed by atoms with Gasteiger partial charge in [-0.1, -0.05) is 23.7 Å². The Kier molecular flexibility index (Phi) is 5.92. The smallest absolute Gasteiger partial charge is 0.293 e. The van der Waals surface area contributed by atoms with Crippen LogP contribution in [-0.2, 0) is 19.4 Å². The Bertz CT molecular complexity index is 929. The standard InChI is InChI=1S/C17H17ClN2O5S2/c18-12-3-1-2-11(8-12)9-14-16(22)20(17(23)26-14)6-4-15(21)19-13-5-7-27(24,25)10-13/h1-3,8-9,13H,4-7,10H2,(H,19,21)/b14-9-/t13-/m0/s1. The highest BCUT2D eigenvalue weighted by atomic mass is 35.5. The number of hydrogen-bond acceptors (Lipinski definition) is 6. The molecule has 0 radical (unpaired) electrons. The highest BCUT2D eigenvalue weighted by Gasteiger charge is 2.35. The predicted octanol–water partition coefficient (Wildman–Crippen LogP) is 2.07. The summed E-state index contributed by atoms with van der Waals surface area (Å²) in [5.41, 5.74) is 0.702. The van der Waals surface area contributed by atoms with E-state index in [-0.39, 0.29) is 35.3 Å². The second-order valence-electron chi connectivity index (χ2n) is 6.31. The largest absolute Gasteiger partial charge is 0.352 e. The first-order chi connectivity index (χ1) is 12.7. The van der Waals surface area contributed by atoms with E-state index < -0.39 is 27.0 Å². The molecule has 2 saturated heterocycles. The molecule has 10 heteroatoms. The minimum atomic E-state index is -3.08. The first-order valence-electron chi connectivity index (χ1n) is 8.24. The van der Waals surface area contributed by atoms with E-state index in [2.05, 4.69) is 5.32 Å². The Labute approximate surface area is 166 Å². The van der Waals surface area contributed by atoms with Crippen LogP contribution in [0.5, 0.6) is 0 Å². The van der Waals surface area contributed by atoms with Crippen molar-refractivity contribution < 1.29 is 22.8 Å². The minimum Gasteiger partial charge on any atom is -0.352 e. The first kappa shape index (κ1) is 19.9. The van der Waals surface area contributed by atoms with Crippen molar-refractivity contribution in [3.05, 3.63) is 39.8 Å². The SMILES string of the molecule is O=C(CCN1C(=O)S/C(=C\c2cccc(Cl)c2)C1=O)N[C@H]1CCS(=O)(=O)C1. The van der Waals surface area contributed by atoms with Crippen LogP contribution in [0.4, 0.5) is 4.79 Å². The van der Waals surface area contributed by atoms with Crippen molar-refractivity contribution >= 4 is 56.3 Å². The van der Waals surface area contributed by atoms with E-state index in [4.69, 9.17) is 11.6 Å². The predicted molar refractivity (Wildman–Crippen MR) is 104 cm³/mol. The van der Waals surface area contributed by atoms with Gasteiger partial charge in [0.25, 0.3) is 11.1 Å². The summed E-state index contributed by atoms with van der Waals surface area (Å²) in [6.07, 6.45) is 1.90. The molecule has 0 aliphatic carbocycles. The summed E-state index contributed by atoms with van der Waals surface area (Å²) in [5, 5.41) is 2.72. The number of halogens is 1. The second kappa shape index (κ2) is 8.04.